The van der Waals surface area contributed by atoms with Crippen molar-refractivity contribution in [3.63, 3.8) is 0 Å². The maximum absolute atomic E-state index is 13.0. The number of fused-ring (bicyclic) bond motifs is 4. The number of carbonyl (C=O) groups is 2. The molecule has 3 aliphatic heterocycles. The minimum absolute atomic E-state index is 0.0218. The predicted octanol–water partition coefficient (Wildman–Crippen LogP) is 6.41. The lowest BCUT2D eigenvalue weighted by molar-refractivity contribution is -0.198. The third-order valence-electron chi connectivity index (χ3n) is 9.79. The van der Waals surface area contributed by atoms with Crippen molar-refractivity contribution in [1.29, 1.82) is 0 Å². The van der Waals surface area contributed by atoms with Crippen LogP contribution in [0.1, 0.15) is 86.0 Å². The molecule has 3 N–H and O–H groups in total. The van der Waals surface area contributed by atoms with Gasteiger partial charge < -0.3 is 34.3 Å². The molecule has 3 rings (SSSR count). The molecule has 2 fully saturated rings. The molecule has 0 spiro atoms. The van der Waals surface area contributed by atoms with Crippen molar-refractivity contribution < 1.29 is 43.9 Å². The highest BCUT2D eigenvalue weighted by atomic mass is 16.6. The number of aliphatic hydroxyl groups excluding tert-OH is 3. The summed E-state index contributed by atoms with van der Waals surface area (Å²) in [4.78, 5) is 25.3. The minimum Gasteiger partial charge on any atom is -0.459 e. The van der Waals surface area contributed by atoms with Crippen molar-refractivity contribution in [2.45, 2.75) is 129 Å². The minimum atomic E-state index is -1.31. The molecule has 4 bridgehead atoms. The number of ether oxygens (including phenoxy) is 4. The molecule has 3 aliphatic rings. The van der Waals surface area contributed by atoms with E-state index >= 15 is 0 Å². The highest BCUT2D eigenvalue weighted by molar-refractivity contribution is 5.82. The van der Waals surface area contributed by atoms with Crippen LogP contribution in [-0.4, -0.2) is 83.2 Å². The molecule has 0 saturated carbocycles. The van der Waals surface area contributed by atoms with Crippen LogP contribution < -0.4 is 0 Å². The molecule has 3 heterocycles. The van der Waals surface area contributed by atoms with Gasteiger partial charge in [-0.2, -0.15) is 0 Å². The summed E-state index contributed by atoms with van der Waals surface area (Å²) in [5.74, 6) is -0.720. The average molecular weight is 697 g/mol. The molecule has 0 radical (unpaired) electrons. The summed E-state index contributed by atoms with van der Waals surface area (Å²) < 4.78 is 23.9. The quantitative estimate of drug-likeness (QED) is 0.166. The maximum atomic E-state index is 13.0. The van der Waals surface area contributed by atoms with Crippen molar-refractivity contribution in [3.8, 4) is 0 Å². The monoisotopic (exact) mass is 696 g/mol. The first-order valence-electron chi connectivity index (χ1n) is 18.1. The normalized spacial score (nSPS) is 34.6. The third kappa shape index (κ3) is 13.2. The summed E-state index contributed by atoms with van der Waals surface area (Å²) >= 11 is 0. The van der Waals surface area contributed by atoms with Crippen LogP contribution in [0.4, 0.5) is 0 Å². The summed E-state index contributed by atoms with van der Waals surface area (Å²) in [6.45, 7) is 13.9. The van der Waals surface area contributed by atoms with Crippen molar-refractivity contribution in [2.24, 2.45) is 17.3 Å². The van der Waals surface area contributed by atoms with Gasteiger partial charge in [0.1, 0.15) is 12.7 Å². The van der Waals surface area contributed by atoms with Crippen LogP contribution in [-0.2, 0) is 28.5 Å². The summed E-state index contributed by atoms with van der Waals surface area (Å²) in [6, 6.07) is 0. The zero-order chi connectivity index (χ0) is 36.7. The zero-order valence-corrected chi connectivity index (χ0v) is 30.6. The van der Waals surface area contributed by atoms with Crippen LogP contribution in [0.3, 0.4) is 0 Å². The van der Waals surface area contributed by atoms with E-state index in [2.05, 4.69) is 26.5 Å². The first-order valence-corrected chi connectivity index (χ1v) is 18.1. The van der Waals surface area contributed by atoms with Crippen LogP contribution in [0.2, 0.25) is 0 Å². The molecule has 0 unspecified atom stereocenters. The molecular weight excluding hydrogens is 636 g/mol. The smallest absolute Gasteiger partial charge is 0.335 e. The highest BCUT2D eigenvalue weighted by Crippen LogP contribution is 2.41. The number of aliphatic hydroxyl groups is 3. The van der Waals surface area contributed by atoms with E-state index in [0.717, 1.165) is 24.0 Å². The number of hydrogen-bond donors (Lipinski definition) is 3. The topological polar surface area (TPSA) is 132 Å². The van der Waals surface area contributed by atoms with Gasteiger partial charge in [-0.3, -0.25) is 0 Å². The van der Waals surface area contributed by atoms with E-state index in [4.69, 9.17) is 18.9 Å². The van der Waals surface area contributed by atoms with Gasteiger partial charge in [0, 0.05) is 31.3 Å². The van der Waals surface area contributed by atoms with Gasteiger partial charge in [-0.15, -0.1) is 0 Å². The van der Waals surface area contributed by atoms with E-state index in [0.29, 0.717) is 38.0 Å². The fraction of sp³-hybridized carbons (Fsp3) is 0.610. The molecule has 9 heteroatoms. The zero-order valence-electron chi connectivity index (χ0n) is 30.6. The van der Waals surface area contributed by atoms with Gasteiger partial charge in [-0.1, -0.05) is 101 Å². The van der Waals surface area contributed by atoms with E-state index < -0.39 is 41.8 Å². The first kappa shape index (κ1) is 41.3. The fourth-order valence-corrected chi connectivity index (χ4v) is 6.27. The Balaban J connectivity index is 1.71. The van der Waals surface area contributed by atoms with Crippen molar-refractivity contribution in [1.82, 2.24) is 0 Å². The third-order valence-corrected chi connectivity index (χ3v) is 9.79. The Kier molecular flexibility index (Phi) is 17.1. The van der Waals surface area contributed by atoms with Crippen LogP contribution >= 0.6 is 0 Å². The standard InChI is InChI=1S/C41H60O9/c1-28(2)21-22-30(4)26-47-40(46)34(43)18-13-14-19-37-41(6,27-42)38-25-33(49-37)17-10-7-9-15-29(3)23-36-31(5)35(44)24-32(48-36)16-11-8-12-20-39(45)50-38/h8-15,17,20,23,28,31-38,42-44H,4,7,16,18-19,21-22,24-27H2,1-3,5-6H3/b11-8+,14-13-,15-9+,17-10?,20-12+,29-23-/t31-,32+,33-,34-,35+,36-,37+,38-,41+/m0/s1. The molecule has 9 atom stereocenters. The average Bonchev–Trinajstić information content (AvgIpc) is 3.07. The number of allylic oxidation sites excluding steroid dienone is 6. The first-order chi connectivity index (χ1) is 23.8. The number of esters is 2. The Hall–Kier alpha value is -3.08. The molecule has 278 valence electrons. The Morgan fingerprint density at radius 3 is 2.66 bits per heavy atom. The van der Waals surface area contributed by atoms with Crippen LogP contribution in [0, 0.1) is 17.3 Å². The van der Waals surface area contributed by atoms with Gasteiger partial charge in [0.25, 0.3) is 0 Å². The molecule has 0 aromatic heterocycles. The fourth-order valence-electron chi connectivity index (χ4n) is 6.27. The molecule has 0 aromatic rings. The van der Waals surface area contributed by atoms with Crippen molar-refractivity contribution >= 4 is 11.9 Å². The molecule has 0 aliphatic carbocycles. The summed E-state index contributed by atoms with van der Waals surface area (Å²) in [5.41, 5.74) is 0.954. The van der Waals surface area contributed by atoms with Gasteiger partial charge in [-0.25, -0.2) is 9.59 Å². The Bertz CT molecular complexity index is 1290. The lowest BCUT2D eigenvalue weighted by Crippen LogP contribution is -2.55. The number of rotatable bonds is 11. The number of hydrogen-bond acceptors (Lipinski definition) is 9. The van der Waals surface area contributed by atoms with Gasteiger partial charge in [0.15, 0.2) is 6.10 Å². The molecule has 0 aromatic carbocycles. The maximum Gasteiger partial charge on any atom is 0.335 e. The van der Waals surface area contributed by atoms with Crippen molar-refractivity contribution in [3.05, 3.63) is 84.6 Å². The molecule has 50 heavy (non-hydrogen) atoms. The van der Waals surface area contributed by atoms with Crippen molar-refractivity contribution in [2.75, 3.05) is 13.2 Å². The highest BCUT2D eigenvalue weighted by Gasteiger charge is 2.49. The molecular formula is C41H60O9. The SMILES string of the molecule is C=C(CCC(C)C)COC(=O)[C@@H](O)C/C=C\C[C@H]1O[C@H]2C=CC/C=C/C(C)=C\[C@@H]3O[C@H](C/C=C/C=C/C(=O)O[C@@H](C2)[C@]1(C)CO)C[C@@H](O)[C@@H]3C. The van der Waals surface area contributed by atoms with Gasteiger partial charge in [0.05, 0.1) is 42.5 Å². The van der Waals surface area contributed by atoms with E-state index in [1.54, 1.807) is 18.2 Å². The molecule has 0 amide bonds. The summed E-state index contributed by atoms with van der Waals surface area (Å²) in [7, 11) is 0. The number of carbonyl (C=O) groups excluding carboxylic acids is 2. The van der Waals surface area contributed by atoms with E-state index in [9.17, 15) is 24.9 Å². The lowest BCUT2D eigenvalue weighted by Gasteiger charge is -2.47. The second-order valence-electron chi connectivity index (χ2n) is 14.6. The second-order valence-corrected chi connectivity index (χ2v) is 14.6. The van der Waals surface area contributed by atoms with Gasteiger partial charge in [0.2, 0.25) is 0 Å². The Morgan fingerprint density at radius 1 is 1.14 bits per heavy atom. The van der Waals surface area contributed by atoms with E-state index in [1.807, 2.05) is 57.2 Å². The van der Waals surface area contributed by atoms with Gasteiger partial charge >= 0.3 is 11.9 Å². The Morgan fingerprint density at radius 2 is 1.92 bits per heavy atom. The predicted molar refractivity (Wildman–Crippen MR) is 195 cm³/mol. The summed E-state index contributed by atoms with van der Waals surface area (Å²) in [5, 5.41) is 31.6. The largest absolute Gasteiger partial charge is 0.459 e. The van der Waals surface area contributed by atoms with E-state index in [1.165, 1.54) is 6.08 Å². The lowest BCUT2D eigenvalue weighted by atomic mass is 9.73. The second kappa shape index (κ2) is 20.7. The van der Waals surface area contributed by atoms with Crippen LogP contribution in [0.25, 0.3) is 0 Å². The summed E-state index contributed by atoms with van der Waals surface area (Å²) in [6.07, 6.45) is 21.0. The van der Waals surface area contributed by atoms with Crippen LogP contribution in [0.15, 0.2) is 84.6 Å². The molecule has 9 nitrogen and oxygen atoms in total. The van der Waals surface area contributed by atoms with E-state index in [-0.39, 0.29) is 43.9 Å². The van der Waals surface area contributed by atoms with Crippen LogP contribution in [0.5, 0.6) is 0 Å². The van der Waals surface area contributed by atoms with Gasteiger partial charge in [-0.05, 0) is 50.5 Å². The Labute approximate surface area is 299 Å². The molecule has 2 saturated heterocycles.